The minimum absolute atomic E-state index is 0.0557. The van der Waals surface area contributed by atoms with E-state index in [2.05, 4.69) is 20.9 Å². The van der Waals surface area contributed by atoms with Crippen molar-refractivity contribution in [3.05, 3.63) is 22.4 Å². The van der Waals surface area contributed by atoms with Crippen molar-refractivity contribution >= 4 is 21.8 Å². The van der Waals surface area contributed by atoms with Gasteiger partial charge < -0.3 is 14.6 Å². The van der Waals surface area contributed by atoms with Gasteiger partial charge in [0.25, 0.3) is 5.91 Å². The number of likely N-dealkylation sites (tertiary alicyclic amines) is 1. The number of hydrogen-bond donors (Lipinski definition) is 1. The molecule has 94 valence electrons. The van der Waals surface area contributed by atoms with Crippen molar-refractivity contribution in [2.24, 2.45) is 0 Å². The van der Waals surface area contributed by atoms with Crippen molar-refractivity contribution in [3.63, 3.8) is 0 Å². The lowest BCUT2D eigenvalue weighted by atomic mass is 10.1. The summed E-state index contributed by atoms with van der Waals surface area (Å²) in [5, 5.41) is 0. The first-order valence-corrected chi connectivity index (χ1v) is 6.74. The Morgan fingerprint density at radius 1 is 1.71 bits per heavy atom. The maximum Gasteiger partial charge on any atom is 0.270 e. The lowest BCUT2D eigenvalue weighted by molar-refractivity contribution is 0.00706. The summed E-state index contributed by atoms with van der Waals surface area (Å²) >= 11 is 3.33. The number of carbonyl (C=O) groups is 1. The number of aromatic amines is 1. The van der Waals surface area contributed by atoms with Gasteiger partial charge in [-0.2, -0.15) is 0 Å². The summed E-state index contributed by atoms with van der Waals surface area (Å²) in [6.45, 7) is 4.21. The van der Waals surface area contributed by atoms with Crippen LogP contribution in [0.3, 0.4) is 0 Å². The van der Waals surface area contributed by atoms with E-state index in [1.54, 1.807) is 6.20 Å². The molecule has 4 nitrogen and oxygen atoms in total. The normalized spacial score (nSPS) is 20.6. The lowest BCUT2D eigenvalue weighted by Gasteiger charge is -2.32. The molecule has 1 N–H and O–H groups in total. The van der Waals surface area contributed by atoms with Crippen LogP contribution in [-0.4, -0.2) is 41.6 Å². The number of piperidine rings is 1. The van der Waals surface area contributed by atoms with Gasteiger partial charge in [0.05, 0.1) is 6.10 Å². The molecule has 1 amide bonds. The Hall–Kier alpha value is -0.810. The first kappa shape index (κ1) is 12.6. The molecule has 1 aromatic rings. The first-order chi connectivity index (χ1) is 8.20. The molecule has 0 saturated carbocycles. The van der Waals surface area contributed by atoms with Crippen LogP contribution in [0.2, 0.25) is 0 Å². The molecule has 0 bridgehead atoms. The van der Waals surface area contributed by atoms with E-state index in [1.807, 2.05) is 17.9 Å². The van der Waals surface area contributed by atoms with Gasteiger partial charge in [0.1, 0.15) is 5.69 Å². The van der Waals surface area contributed by atoms with E-state index in [4.69, 9.17) is 4.74 Å². The second-order valence-electron chi connectivity index (χ2n) is 4.20. The number of aromatic nitrogens is 1. The summed E-state index contributed by atoms with van der Waals surface area (Å²) in [6.07, 6.45) is 4.03. The van der Waals surface area contributed by atoms with E-state index in [1.165, 1.54) is 0 Å². The van der Waals surface area contributed by atoms with Crippen LogP contribution < -0.4 is 0 Å². The zero-order valence-electron chi connectivity index (χ0n) is 9.91. The summed E-state index contributed by atoms with van der Waals surface area (Å²) in [5.74, 6) is 0.0557. The fourth-order valence-corrected chi connectivity index (χ4v) is 2.50. The molecule has 1 aliphatic rings. The molecule has 1 fully saturated rings. The second-order valence-corrected chi connectivity index (χ2v) is 5.12. The van der Waals surface area contributed by atoms with E-state index in [-0.39, 0.29) is 12.0 Å². The number of rotatable bonds is 3. The van der Waals surface area contributed by atoms with Gasteiger partial charge in [0, 0.05) is 30.4 Å². The second kappa shape index (κ2) is 5.69. The van der Waals surface area contributed by atoms with Crippen molar-refractivity contribution in [2.75, 3.05) is 19.7 Å². The fraction of sp³-hybridized carbons (Fsp3) is 0.583. The number of halogens is 1. The average Bonchev–Trinajstić information content (AvgIpc) is 2.76. The monoisotopic (exact) mass is 300 g/mol. The Bertz CT molecular complexity index is 390. The van der Waals surface area contributed by atoms with Gasteiger partial charge in [0.15, 0.2) is 0 Å². The molecule has 0 spiro atoms. The molecule has 0 unspecified atom stereocenters. The summed E-state index contributed by atoms with van der Waals surface area (Å²) in [4.78, 5) is 17.0. The molecule has 0 aliphatic carbocycles. The highest BCUT2D eigenvalue weighted by Crippen LogP contribution is 2.17. The summed E-state index contributed by atoms with van der Waals surface area (Å²) in [6, 6.07) is 1.81. The Morgan fingerprint density at radius 3 is 3.18 bits per heavy atom. The molecule has 5 heteroatoms. The van der Waals surface area contributed by atoms with Gasteiger partial charge >= 0.3 is 0 Å². The Kier molecular flexibility index (Phi) is 4.23. The van der Waals surface area contributed by atoms with E-state index in [0.717, 1.165) is 23.9 Å². The van der Waals surface area contributed by atoms with Crippen molar-refractivity contribution in [3.8, 4) is 0 Å². The van der Waals surface area contributed by atoms with E-state index in [0.29, 0.717) is 18.8 Å². The molecule has 1 saturated heterocycles. The molecule has 2 rings (SSSR count). The van der Waals surface area contributed by atoms with Gasteiger partial charge in [0.2, 0.25) is 0 Å². The number of hydrogen-bond acceptors (Lipinski definition) is 2. The third kappa shape index (κ3) is 3.10. The van der Waals surface area contributed by atoms with Crippen LogP contribution in [0.25, 0.3) is 0 Å². The lowest BCUT2D eigenvalue weighted by Crippen LogP contribution is -2.43. The van der Waals surface area contributed by atoms with Crippen molar-refractivity contribution in [1.29, 1.82) is 0 Å². The zero-order chi connectivity index (χ0) is 12.3. The smallest absolute Gasteiger partial charge is 0.270 e. The molecular formula is C12H17BrN2O2. The van der Waals surface area contributed by atoms with Gasteiger partial charge in [-0.05, 0) is 41.8 Å². The van der Waals surface area contributed by atoms with Gasteiger partial charge in [-0.25, -0.2) is 0 Å². The fourth-order valence-electron chi connectivity index (χ4n) is 2.16. The van der Waals surface area contributed by atoms with E-state index < -0.39 is 0 Å². The topological polar surface area (TPSA) is 45.3 Å². The van der Waals surface area contributed by atoms with Crippen LogP contribution in [0, 0.1) is 0 Å². The number of nitrogens with zero attached hydrogens (tertiary/aromatic N) is 1. The zero-order valence-corrected chi connectivity index (χ0v) is 11.5. The van der Waals surface area contributed by atoms with Crippen molar-refractivity contribution in [2.45, 2.75) is 25.9 Å². The van der Waals surface area contributed by atoms with Crippen LogP contribution in [-0.2, 0) is 4.74 Å². The Balaban J connectivity index is 1.99. The quantitative estimate of drug-likeness (QED) is 0.932. The molecule has 0 radical (unpaired) electrons. The molecule has 2 heterocycles. The predicted octanol–water partition coefficient (Wildman–Crippen LogP) is 2.42. The first-order valence-electron chi connectivity index (χ1n) is 5.95. The highest BCUT2D eigenvalue weighted by Gasteiger charge is 2.25. The van der Waals surface area contributed by atoms with Crippen LogP contribution in [0.4, 0.5) is 0 Å². The number of ether oxygens (including phenoxy) is 1. The van der Waals surface area contributed by atoms with Crippen molar-refractivity contribution < 1.29 is 9.53 Å². The third-order valence-corrected chi connectivity index (χ3v) is 3.40. The third-order valence-electron chi connectivity index (χ3n) is 2.95. The molecular weight excluding hydrogens is 284 g/mol. The summed E-state index contributed by atoms with van der Waals surface area (Å²) in [7, 11) is 0. The van der Waals surface area contributed by atoms with Crippen molar-refractivity contribution in [1.82, 2.24) is 9.88 Å². The highest BCUT2D eigenvalue weighted by atomic mass is 79.9. The molecule has 1 aromatic heterocycles. The maximum atomic E-state index is 12.2. The molecule has 0 aromatic carbocycles. The Morgan fingerprint density at radius 2 is 2.53 bits per heavy atom. The Labute approximate surface area is 109 Å². The standard InChI is InChI=1S/C12H17BrN2O2/c1-2-17-10-4-3-5-15(8-10)12(16)11-6-9(13)7-14-11/h6-7,10,14H,2-5,8H2,1H3/t10-/m0/s1. The SMILES string of the molecule is CCO[C@H]1CCCN(C(=O)c2cc(Br)c[nH]2)C1. The number of carbonyl (C=O) groups excluding carboxylic acids is 1. The summed E-state index contributed by atoms with van der Waals surface area (Å²) < 4.78 is 6.49. The number of amides is 1. The predicted molar refractivity (Wildman–Crippen MR) is 69.0 cm³/mol. The molecule has 1 atom stereocenters. The van der Waals surface area contributed by atoms with Crippen LogP contribution >= 0.6 is 15.9 Å². The maximum absolute atomic E-state index is 12.2. The molecule has 1 aliphatic heterocycles. The van der Waals surface area contributed by atoms with Gasteiger partial charge in [-0.3, -0.25) is 4.79 Å². The average molecular weight is 301 g/mol. The van der Waals surface area contributed by atoms with Crippen LogP contribution in [0.5, 0.6) is 0 Å². The molecule has 17 heavy (non-hydrogen) atoms. The summed E-state index contributed by atoms with van der Waals surface area (Å²) in [5.41, 5.74) is 0.633. The van der Waals surface area contributed by atoms with Crippen LogP contribution in [0.15, 0.2) is 16.7 Å². The highest BCUT2D eigenvalue weighted by molar-refractivity contribution is 9.10. The minimum Gasteiger partial charge on any atom is -0.377 e. The van der Waals surface area contributed by atoms with E-state index in [9.17, 15) is 4.79 Å². The van der Waals surface area contributed by atoms with Gasteiger partial charge in [-0.15, -0.1) is 0 Å². The van der Waals surface area contributed by atoms with Crippen LogP contribution in [0.1, 0.15) is 30.3 Å². The number of nitrogens with one attached hydrogen (secondary N) is 1. The largest absolute Gasteiger partial charge is 0.377 e. The number of H-pyrrole nitrogens is 1. The minimum atomic E-state index is 0.0557. The van der Waals surface area contributed by atoms with E-state index >= 15 is 0 Å². The van der Waals surface area contributed by atoms with Gasteiger partial charge in [-0.1, -0.05) is 0 Å².